The highest BCUT2D eigenvalue weighted by Crippen LogP contribution is 2.23. The summed E-state index contributed by atoms with van der Waals surface area (Å²) < 4.78 is 7.20. The lowest BCUT2D eigenvalue weighted by Gasteiger charge is -2.35. The van der Waals surface area contributed by atoms with Crippen LogP contribution in [0.15, 0.2) is 10.9 Å². The standard InChI is InChI=1S/C19H29N3O2/c23-19-12-17-2-1-3-18(17)20-22(19)14-15-4-8-21(9-5-15)13-16-6-10-24-11-7-16/h12,15-16H,1-11,13-14H2. The van der Waals surface area contributed by atoms with Crippen LogP contribution in [-0.2, 0) is 24.1 Å². The predicted octanol–water partition coefficient (Wildman–Crippen LogP) is 1.87. The Bertz CT molecular complexity index is 614. The third-order valence-electron chi connectivity index (χ3n) is 6.02. The lowest BCUT2D eigenvalue weighted by Crippen LogP contribution is -2.40. The predicted molar refractivity (Wildman–Crippen MR) is 93.2 cm³/mol. The quantitative estimate of drug-likeness (QED) is 0.845. The van der Waals surface area contributed by atoms with Gasteiger partial charge in [-0.1, -0.05) is 0 Å². The molecular weight excluding hydrogens is 302 g/mol. The van der Waals surface area contributed by atoms with Crippen LogP contribution in [0.5, 0.6) is 0 Å². The molecule has 2 aliphatic heterocycles. The number of ether oxygens (including phenoxy) is 1. The van der Waals surface area contributed by atoms with Gasteiger partial charge in [0.2, 0.25) is 0 Å². The molecule has 1 aliphatic carbocycles. The molecule has 2 fully saturated rings. The lowest BCUT2D eigenvalue weighted by atomic mass is 9.94. The first kappa shape index (κ1) is 16.3. The Morgan fingerprint density at radius 3 is 2.58 bits per heavy atom. The van der Waals surface area contributed by atoms with Gasteiger partial charge in [-0.3, -0.25) is 4.79 Å². The van der Waals surface area contributed by atoms with Gasteiger partial charge in [-0.05, 0) is 75.4 Å². The minimum absolute atomic E-state index is 0.0975. The molecule has 0 aromatic carbocycles. The van der Waals surface area contributed by atoms with Crippen LogP contribution in [0.25, 0.3) is 0 Å². The average molecular weight is 331 g/mol. The summed E-state index contributed by atoms with van der Waals surface area (Å²) in [6, 6.07) is 1.83. The Labute approximate surface area is 144 Å². The van der Waals surface area contributed by atoms with E-state index in [1.807, 2.05) is 6.07 Å². The summed E-state index contributed by atoms with van der Waals surface area (Å²) in [4.78, 5) is 14.9. The van der Waals surface area contributed by atoms with Crippen molar-refractivity contribution in [1.29, 1.82) is 0 Å². The molecule has 5 heteroatoms. The van der Waals surface area contributed by atoms with Crippen LogP contribution in [0.4, 0.5) is 0 Å². The molecule has 1 aromatic heterocycles. The SMILES string of the molecule is O=c1cc2c(nn1CC1CCN(CC3CCOCC3)CC1)CCC2. The molecule has 3 aliphatic rings. The Balaban J connectivity index is 1.29. The molecule has 24 heavy (non-hydrogen) atoms. The fraction of sp³-hybridized carbons (Fsp3) is 0.789. The van der Waals surface area contributed by atoms with E-state index >= 15 is 0 Å². The molecule has 0 saturated carbocycles. The van der Waals surface area contributed by atoms with E-state index in [-0.39, 0.29) is 5.56 Å². The van der Waals surface area contributed by atoms with Gasteiger partial charge in [-0.15, -0.1) is 0 Å². The monoisotopic (exact) mass is 331 g/mol. The number of aromatic nitrogens is 2. The van der Waals surface area contributed by atoms with Crippen molar-refractivity contribution in [3.8, 4) is 0 Å². The Morgan fingerprint density at radius 1 is 1.04 bits per heavy atom. The van der Waals surface area contributed by atoms with Crippen molar-refractivity contribution in [2.24, 2.45) is 11.8 Å². The largest absolute Gasteiger partial charge is 0.381 e. The van der Waals surface area contributed by atoms with E-state index in [2.05, 4.69) is 10.00 Å². The molecular formula is C19H29N3O2. The molecule has 4 rings (SSSR count). The topological polar surface area (TPSA) is 47.4 Å². The lowest BCUT2D eigenvalue weighted by molar-refractivity contribution is 0.0459. The molecule has 0 atom stereocenters. The van der Waals surface area contributed by atoms with E-state index in [0.717, 1.165) is 50.6 Å². The van der Waals surface area contributed by atoms with Gasteiger partial charge in [0.05, 0.1) is 5.69 Å². The summed E-state index contributed by atoms with van der Waals surface area (Å²) in [5.74, 6) is 1.41. The summed E-state index contributed by atoms with van der Waals surface area (Å²) in [5.41, 5.74) is 2.44. The zero-order chi connectivity index (χ0) is 16.4. The van der Waals surface area contributed by atoms with E-state index in [4.69, 9.17) is 4.74 Å². The second kappa shape index (κ2) is 7.36. The van der Waals surface area contributed by atoms with E-state index < -0.39 is 0 Å². The van der Waals surface area contributed by atoms with Gasteiger partial charge in [-0.2, -0.15) is 5.10 Å². The molecule has 1 aromatic rings. The maximum absolute atomic E-state index is 12.3. The van der Waals surface area contributed by atoms with Gasteiger partial charge >= 0.3 is 0 Å². The van der Waals surface area contributed by atoms with Gasteiger partial charge in [0.15, 0.2) is 0 Å². The summed E-state index contributed by atoms with van der Waals surface area (Å²) >= 11 is 0. The number of likely N-dealkylation sites (tertiary alicyclic amines) is 1. The number of aryl methyl sites for hydroxylation is 2. The third-order valence-corrected chi connectivity index (χ3v) is 6.02. The maximum Gasteiger partial charge on any atom is 0.267 e. The Hall–Kier alpha value is -1.20. The molecule has 132 valence electrons. The van der Waals surface area contributed by atoms with Crippen LogP contribution >= 0.6 is 0 Å². The molecule has 0 N–H and O–H groups in total. The molecule has 3 heterocycles. The third kappa shape index (κ3) is 3.72. The van der Waals surface area contributed by atoms with Gasteiger partial charge in [0.25, 0.3) is 5.56 Å². The zero-order valence-electron chi connectivity index (χ0n) is 14.6. The number of hydrogen-bond acceptors (Lipinski definition) is 4. The minimum atomic E-state index is 0.0975. The van der Waals surface area contributed by atoms with Crippen LogP contribution in [0, 0.1) is 11.8 Å². The first-order chi connectivity index (χ1) is 11.8. The summed E-state index contributed by atoms with van der Waals surface area (Å²) in [6.45, 7) is 6.25. The van der Waals surface area contributed by atoms with Crippen LogP contribution < -0.4 is 5.56 Å². The van der Waals surface area contributed by atoms with Crippen LogP contribution in [0.1, 0.15) is 43.4 Å². The van der Waals surface area contributed by atoms with Crippen molar-refractivity contribution in [2.75, 3.05) is 32.8 Å². The van der Waals surface area contributed by atoms with Crippen molar-refractivity contribution >= 4 is 0 Å². The van der Waals surface area contributed by atoms with E-state index in [9.17, 15) is 4.79 Å². The number of nitrogens with zero attached hydrogens (tertiary/aromatic N) is 3. The molecule has 0 radical (unpaired) electrons. The van der Waals surface area contributed by atoms with Gasteiger partial charge < -0.3 is 9.64 Å². The second-order valence-corrected chi connectivity index (χ2v) is 7.79. The van der Waals surface area contributed by atoms with Gasteiger partial charge in [0.1, 0.15) is 0 Å². The normalized spacial score (nSPS) is 23.5. The number of piperidine rings is 1. The summed E-state index contributed by atoms with van der Waals surface area (Å²) in [7, 11) is 0. The number of fused-ring (bicyclic) bond motifs is 1. The van der Waals surface area contributed by atoms with Crippen molar-refractivity contribution < 1.29 is 4.74 Å². The first-order valence-electron chi connectivity index (χ1n) is 9.68. The molecule has 5 nitrogen and oxygen atoms in total. The summed E-state index contributed by atoms with van der Waals surface area (Å²) in [5, 5.41) is 4.64. The summed E-state index contributed by atoms with van der Waals surface area (Å²) in [6.07, 6.45) is 8.03. The molecule has 2 saturated heterocycles. The highest BCUT2D eigenvalue weighted by atomic mass is 16.5. The van der Waals surface area contributed by atoms with E-state index in [0.29, 0.717) is 5.92 Å². The van der Waals surface area contributed by atoms with E-state index in [1.165, 1.54) is 50.9 Å². The zero-order valence-corrected chi connectivity index (χ0v) is 14.6. The molecule has 0 spiro atoms. The van der Waals surface area contributed by atoms with Crippen molar-refractivity contribution in [1.82, 2.24) is 14.7 Å². The molecule has 0 amide bonds. The number of hydrogen-bond donors (Lipinski definition) is 0. The van der Waals surface area contributed by atoms with Gasteiger partial charge in [0, 0.05) is 32.4 Å². The fourth-order valence-corrected chi connectivity index (χ4v) is 4.46. The Kier molecular flexibility index (Phi) is 4.99. The highest BCUT2D eigenvalue weighted by molar-refractivity contribution is 5.22. The molecule has 0 unspecified atom stereocenters. The minimum Gasteiger partial charge on any atom is -0.381 e. The van der Waals surface area contributed by atoms with Gasteiger partial charge in [-0.25, -0.2) is 4.68 Å². The van der Waals surface area contributed by atoms with Crippen molar-refractivity contribution in [3.05, 3.63) is 27.7 Å². The first-order valence-corrected chi connectivity index (χ1v) is 9.68. The fourth-order valence-electron chi connectivity index (χ4n) is 4.46. The number of rotatable bonds is 4. The smallest absolute Gasteiger partial charge is 0.267 e. The maximum atomic E-state index is 12.3. The van der Waals surface area contributed by atoms with E-state index in [1.54, 1.807) is 4.68 Å². The highest BCUT2D eigenvalue weighted by Gasteiger charge is 2.24. The van der Waals surface area contributed by atoms with Crippen molar-refractivity contribution in [2.45, 2.75) is 51.5 Å². The molecule has 0 bridgehead atoms. The van der Waals surface area contributed by atoms with Crippen LogP contribution in [0.2, 0.25) is 0 Å². The second-order valence-electron chi connectivity index (χ2n) is 7.79. The van der Waals surface area contributed by atoms with Crippen LogP contribution in [0.3, 0.4) is 0 Å². The van der Waals surface area contributed by atoms with Crippen LogP contribution in [-0.4, -0.2) is 47.5 Å². The van der Waals surface area contributed by atoms with Crippen molar-refractivity contribution in [3.63, 3.8) is 0 Å². The average Bonchev–Trinajstić information content (AvgIpc) is 3.05. The Morgan fingerprint density at radius 2 is 1.79 bits per heavy atom.